The van der Waals surface area contributed by atoms with Crippen molar-refractivity contribution in [2.45, 2.75) is 13.0 Å². The first-order valence-corrected chi connectivity index (χ1v) is 9.20. The summed E-state index contributed by atoms with van der Waals surface area (Å²) in [7, 11) is 3.06. The summed E-state index contributed by atoms with van der Waals surface area (Å²) in [5, 5.41) is 0.260. The van der Waals surface area contributed by atoms with Crippen LogP contribution >= 0.6 is 0 Å². The zero-order chi connectivity index (χ0) is 21.7. The minimum atomic E-state index is -1.11. The molecule has 8 heteroatoms. The van der Waals surface area contributed by atoms with Gasteiger partial charge in [0.2, 0.25) is 0 Å². The number of carbonyl (C=O) groups excluding carboxylic acids is 1. The van der Waals surface area contributed by atoms with Crippen LogP contribution in [0.1, 0.15) is 28.9 Å². The molecule has 1 aromatic carbocycles. The van der Waals surface area contributed by atoms with E-state index in [2.05, 4.69) is 0 Å². The standard InChI is InChI=1S/C22H18F3N3O2/c1-12(16-11-26(2)22(30)15-9-19(25)18(24)8-14(15)16)27(3)21(29)13-7-20-17(23)5-4-6-28(20)10-13/h4-12H,1-3H3. The number of pyridine rings is 2. The van der Waals surface area contributed by atoms with Gasteiger partial charge < -0.3 is 13.9 Å². The van der Waals surface area contributed by atoms with Crippen molar-refractivity contribution in [2.75, 3.05) is 7.05 Å². The van der Waals surface area contributed by atoms with Gasteiger partial charge in [0.1, 0.15) is 5.82 Å². The van der Waals surface area contributed by atoms with Crippen LogP contribution in [0.2, 0.25) is 0 Å². The second kappa shape index (κ2) is 7.05. The Morgan fingerprint density at radius 1 is 1.03 bits per heavy atom. The van der Waals surface area contributed by atoms with E-state index < -0.39 is 29.1 Å². The van der Waals surface area contributed by atoms with Crippen LogP contribution in [0.3, 0.4) is 0 Å². The van der Waals surface area contributed by atoms with Gasteiger partial charge in [0, 0.05) is 32.7 Å². The van der Waals surface area contributed by atoms with Crippen molar-refractivity contribution in [1.29, 1.82) is 0 Å². The number of fused-ring (bicyclic) bond motifs is 2. The van der Waals surface area contributed by atoms with E-state index in [-0.39, 0.29) is 27.8 Å². The first-order valence-electron chi connectivity index (χ1n) is 9.20. The van der Waals surface area contributed by atoms with Crippen LogP contribution in [0.15, 0.2) is 53.7 Å². The fraction of sp³-hybridized carbons (Fsp3) is 0.182. The lowest BCUT2D eigenvalue weighted by atomic mass is 10.0. The van der Waals surface area contributed by atoms with Crippen LogP contribution in [0.5, 0.6) is 0 Å². The molecule has 0 saturated heterocycles. The molecule has 4 aromatic rings. The number of aryl methyl sites for hydroxylation is 1. The van der Waals surface area contributed by atoms with Gasteiger partial charge in [-0.3, -0.25) is 9.59 Å². The van der Waals surface area contributed by atoms with Gasteiger partial charge >= 0.3 is 0 Å². The average molecular weight is 413 g/mol. The van der Waals surface area contributed by atoms with Gasteiger partial charge in [0.15, 0.2) is 11.6 Å². The fourth-order valence-electron chi connectivity index (χ4n) is 3.63. The second-order valence-electron chi connectivity index (χ2n) is 7.28. The molecule has 0 N–H and O–H groups in total. The maximum atomic E-state index is 14.0. The minimum Gasteiger partial charge on any atom is -0.335 e. The number of carbonyl (C=O) groups is 1. The maximum absolute atomic E-state index is 14.0. The summed E-state index contributed by atoms with van der Waals surface area (Å²) in [6, 6.07) is 5.55. The summed E-state index contributed by atoms with van der Waals surface area (Å²) in [4.78, 5) is 26.8. The first kappa shape index (κ1) is 19.8. The Kier molecular flexibility index (Phi) is 4.64. The third kappa shape index (κ3) is 3.04. The molecule has 0 spiro atoms. The van der Waals surface area contributed by atoms with E-state index in [9.17, 15) is 22.8 Å². The number of amides is 1. The highest BCUT2D eigenvalue weighted by Crippen LogP contribution is 2.28. The molecular weight excluding hydrogens is 395 g/mol. The van der Waals surface area contributed by atoms with Crippen LogP contribution < -0.4 is 5.56 Å². The molecule has 5 nitrogen and oxygen atoms in total. The Morgan fingerprint density at radius 2 is 1.70 bits per heavy atom. The molecule has 154 valence electrons. The highest BCUT2D eigenvalue weighted by molar-refractivity contribution is 5.96. The van der Waals surface area contributed by atoms with E-state index >= 15 is 0 Å². The molecule has 3 aromatic heterocycles. The van der Waals surface area contributed by atoms with E-state index in [1.807, 2.05) is 0 Å². The number of hydrogen-bond donors (Lipinski definition) is 0. The molecular formula is C22H18F3N3O2. The lowest BCUT2D eigenvalue weighted by Crippen LogP contribution is -2.30. The lowest BCUT2D eigenvalue weighted by molar-refractivity contribution is 0.0743. The number of hydrogen-bond acceptors (Lipinski definition) is 2. The Morgan fingerprint density at radius 3 is 2.37 bits per heavy atom. The summed E-state index contributed by atoms with van der Waals surface area (Å²) in [5.41, 5.74) is 0.563. The number of rotatable bonds is 3. The van der Waals surface area contributed by atoms with Gasteiger partial charge in [-0.25, -0.2) is 13.2 Å². The predicted octanol–water partition coefficient (Wildman–Crippen LogP) is 4.04. The summed E-state index contributed by atoms with van der Waals surface area (Å²) in [6.07, 6.45) is 4.67. The van der Waals surface area contributed by atoms with E-state index in [0.29, 0.717) is 5.56 Å². The van der Waals surface area contributed by atoms with Crippen molar-refractivity contribution < 1.29 is 18.0 Å². The SMILES string of the molecule is CC(c1cn(C)c(=O)c2cc(F)c(F)cc12)N(C)C(=O)c1cc2c(F)cccn2c1. The zero-order valence-corrected chi connectivity index (χ0v) is 16.5. The highest BCUT2D eigenvalue weighted by atomic mass is 19.2. The molecule has 0 radical (unpaired) electrons. The van der Waals surface area contributed by atoms with Crippen molar-refractivity contribution in [3.8, 4) is 0 Å². The summed E-state index contributed by atoms with van der Waals surface area (Å²) in [5.74, 6) is -3.02. The predicted molar refractivity (Wildman–Crippen MR) is 107 cm³/mol. The Balaban J connectivity index is 1.79. The monoisotopic (exact) mass is 413 g/mol. The largest absolute Gasteiger partial charge is 0.335 e. The van der Waals surface area contributed by atoms with Crippen LogP contribution in [-0.2, 0) is 7.05 Å². The molecule has 1 unspecified atom stereocenters. The molecule has 0 fully saturated rings. The third-order valence-corrected chi connectivity index (χ3v) is 5.44. The molecule has 1 atom stereocenters. The van der Waals surface area contributed by atoms with Gasteiger partial charge in [-0.2, -0.15) is 0 Å². The highest BCUT2D eigenvalue weighted by Gasteiger charge is 2.24. The Labute approximate surface area is 169 Å². The van der Waals surface area contributed by atoms with Crippen LogP contribution in [0.25, 0.3) is 16.3 Å². The fourth-order valence-corrected chi connectivity index (χ4v) is 3.63. The normalized spacial score (nSPS) is 12.5. The van der Waals surface area contributed by atoms with E-state index in [1.54, 1.807) is 20.2 Å². The van der Waals surface area contributed by atoms with Gasteiger partial charge in [-0.15, -0.1) is 0 Å². The molecule has 4 rings (SSSR count). The number of aromatic nitrogens is 2. The molecule has 0 aliphatic carbocycles. The zero-order valence-electron chi connectivity index (χ0n) is 16.5. The summed E-state index contributed by atoms with van der Waals surface area (Å²) >= 11 is 0. The Hall–Kier alpha value is -3.55. The van der Waals surface area contributed by atoms with Crippen LogP contribution in [0.4, 0.5) is 13.2 Å². The summed E-state index contributed by atoms with van der Waals surface area (Å²) in [6.45, 7) is 1.72. The van der Waals surface area contributed by atoms with Crippen LogP contribution in [-0.4, -0.2) is 26.8 Å². The molecule has 30 heavy (non-hydrogen) atoms. The van der Waals surface area contributed by atoms with Gasteiger partial charge in [0.05, 0.1) is 22.5 Å². The van der Waals surface area contributed by atoms with Crippen molar-refractivity contribution in [2.24, 2.45) is 7.05 Å². The van der Waals surface area contributed by atoms with Gasteiger partial charge in [0.25, 0.3) is 11.5 Å². The van der Waals surface area contributed by atoms with Gasteiger partial charge in [-0.1, -0.05) is 0 Å². The Bertz CT molecular complexity index is 1370. The molecule has 3 heterocycles. The number of benzene rings is 1. The van der Waals surface area contributed by atoms with Gasteiger partial charge in [-0.05, 0) is 48.2 Å². The maximum Gasteiger partial charge on any atom is 0.258 e. The molecule has 0 aliphatic rings. The van der Waals surface area contributed by atoms with Crippen molar-refractivity contribution in [3.05, 3.63) is 87.9 Å². The van der Waals surface area contributed by atoms with Crippen molar-refractivity contribution >= 4 is 22.2 Å². The van der Waals surface area contributed by atoms with E-state index in [4.69, 9.17) is 0 Å². The molecule has 1 amide bonds. The quantitative estimate of drug-likeness (QED) is 0.509. The average Bonchev–Trinajstić information content (AvgIpc) is 3.16. The number of nitrogens with zero attached hydrogens (tertiary/aromatic N) is 3. The third-order valence-electron chi connectivity index (χ3n) is 5.44. The summed E-state index contributed by atoms with van der Waals surface area (Å²) < 4.78 is 44.4. The van der Waals surface area contributed by atoms with E-state index in [1.165, 1.54) is 51.5 Å². The molecule has 0 bridgehead atoms. The van der Waals surface area contributed by atoms with E-state index in [0.717, 1.165) is 12.1 Å². The number of halogens is 3. The topological polar surface area (TPSA) is 46.7 Å². The minimum absolute atomic E-state index is 0.0262. The van der Waals surface area contributed by atoms with Crippen molar-refractivity contribution in [1.82, 2.24) is 13.9 Å². The van der Waals surface area contributed by atoms with Crippen molar-refractivity contribution in [3.63, 3.8) is 0 Å². The first-order chi connectivity index (χ1) is 14.2. The lowest BCUT2D eigenvalue weighted by Gasteiger charge is -2.26. The molecule has 0 aliphatic heterocycles. The second-order valence-corrected chi connectivity index (χ2v) is 7.28. The van der Waals surface area contributed by atoms with Crippen LogP contribution in [0, 0.1) is 17.5 Å². The smallest absolute Gasteiger partial charge is 0.258 e. The molecule has 0 saturated carbocycles.